The molecule has 0 saturated carbocycles. The summed E-state index contributed by atoms with van der Waals surface area (Å²) in [4.78, 5) is 0. The molecule has 126 valence electrons. The minimum atomic E-state index is -1.88. The third kappa shape index (κ3) is 3.71. The van der Waals surface area contributed by atoms with E-state index in [1.165, 1.54) is 0 Å². The van der Waals surface area contributed by atoms with Gasteiger partial charge in [0.1, 0.15) is 18.9 Å². The molecule has 0 N–H and O–H groups in total. The van der Waals surface area contributed by atoms with Gasteiger partial charge in [-0.15, -0.1) is 0 Å². The number of rotatable bonds is 2. The highest BCUT2D eigenvalue weighted by atomic mass is 32.9. The van der Waals surface area contributed by atoms with E-state index in [2.05, 4.69) is 40.8 Å². The maximum Gasteiger partial charge on any atom is 0.192 e. The van der Waals surface area contributed by atoms with Crippen LogP contribution in [-0.4, -0.2) is 52.9 Å². The third-order valence-corrected chi connectivity index (χ3v) is 14.9. The summed E-state index contributed by atoms with van der Waals surface area (Å²) in [5.41, 5.74) is -2.05. The highest BCUT2D eigenvalue weighted by molar-refractivity contribution is 8.69. The van der Waals surface area contributed by atoms with E-state index in [-0.39, 0.29) is 28.7 Å². The van der Waals surface area contributed by atoms with E-state index in [0.29, 0.717) is 6.61 Å². The largest absolute Gasteiger partial charge is 0.412 e. The van der Waals surface area contributed by atoms with E-state index in [1.807, 2.05) is 6.66 Å². The number of ether oxygens (including phenoxy) is 1. The van der Waals surface area contributed by atoms with Crippen LogP contribution in [0, 0.1) is 5.92 Å². The lowest BCUT2D eigenvalue weighted by molar-refractivity contribution is -0.0429. The normalized spacial score (nSPS) is 43.7. The second kappa shape index (κ2) is 6.15. The molecule has 3 nitrogen and oxygen atoms in total. The average Bonchev–Trinajstić information content (AvgIpc) is 2.57. The van der Waals surface area contributed by atoms with Crippen LogP contribution in [0.4, 0.5) is 0 Å². The molecule has 0 aliphatic carbocycles. The quantitative estimate of drug-likeness (QED) is 0.535. The van der Waals surface area contributed by atoms with Crippen LogP contribution >= 0.6 is 16.8 Å². The van der Waals surface area contributed by atoms with Crippen LogP contribution in [0.3, 0.4) is 0 Å². The van der Waals surface area contributed by atoms with Gasteiger partial charge in [-0.3, -0.25) is 0 Å². The smallest absolute Gasteiger partial charge is 0.192 e. The fraction of sp³-hybridized carbons (Fsp3) is 1.00. The zero-order valence-corrected chi connectivity index (χ0v) is 18.2. The van der Waals surface area contributed by atoms with Crippen LogP contribution in [0.15, 0.2) is 0 Å². The summed E-state index contributed by atoms with van der Waals surface area (Å²) >= 11 is 7.22. The first kappa shape index (κ1) is 19.5. The topological polar surface area (TPSA) is 27.7 Å². The molecule has 2 aliphatic rings. The Morgan fingerprint density at radius 1 is 1.41 bits per heavy atom. The van der Waals surface area contributed by atoms with E-state index in [0.717, 1.165) is 5.75 Å². The molecule has 5 atom stereocenters. The molecule has 0 aromatic heterocycles. The minimum Gasteiger partial charge on any atom is -0.412 e. The van der Waals surface area contributed by atoms with Crippen molar-refractivity contribution in [3.63, 3.8) is 0 Å². The van der Waals surface area contributed by atoms with Gasteiger partial charge in [-0.1, -0.05) is 50.9 Å². The van der Waals surface area contributed by atoms with Crippen LogP contribution in [0.1, 0.15) is 27.7 Å². The standard InChI is InChI=1S/C14H28BO3PS2Si/c1-10-11(18-22(6,7)13(2,3)4)12(15)17-14(10)8-16-19(5,20)21-9-14/h10-12H,8-9H2,1-7H3/t10?,11-,12+,14-,19?/m0/s1. The molecule has 2 heterocycles. The molecule has 0 amide bonds. The maximum atomic E-state index is 6.57. The monoisotopic (exact) mass is 378 g/mol. The summed E-state index contributed by atoms with van der Waals surface area (Å²) in [6.45, 7) is 16.0. The Labute approximate surface area is 147 Å². The van der Waals surface area contributed by atoms with Gasteiger partial charge in [-0.2, -0.15) is 0 Å². The van der Waals surface area contributed by atoms with Gasteiger partial charge in [0, 0.05) is 17.7 Å². The van der Waals surface area contributed by atoms with Crippen LogP contribution < -0.4 is 0 Å². The Hall–Kier alpha value is 1.16. The molecule has 2 unspecified atom stereocenters. The van der Waals surface area contributed by atoms with Crippen molar-refractivity contribution in [3.05, 3.63) is 0 Å². The average molecular weight is 378 g/mol. The fourth-order valence-corrected chi connectivity index (χ4v) is 7.72. The van der Waals surface area contributed by atoms with Crippen LogP contribution in [0.2, 0.25) is 18.1 Å². The Morgan fingerprint density at radius 3 is 2.45 bits per heavy atom. The Morgan fingerprint density at radius 2 is 2.00 bits per heavy atom. The summed E-state index contributed by atoms with van der Waals surface area (Å²) in [6, 6.07) is -0.388. The van der Waals surface area contributed by atoms with E-state index < -0.39 is 13.8 Å². The molecule has 2 fully saturated rings. The van der Waals surface area contributed by atoms with Crippen molar-refractivity contribution in [1.82, 2.24) is 0 Å². The van der Waals surface area contributed by atoms with E-state index in [4.69, 9.17) is 33.3 Å². The van der Waals surface area contributed by atoms with Gasteiger partial charge < -0.3 is 13.7 Å². The second-order valence-electron chi connectivity index (χ2n) is 8.10. The van der Waals surface area contributed by atoms with Gasteiger partial charge in [0.2, 0.25) is 0 Å². The van der Waals surface area contributed by atoms with E-state index in [1.54, 1.807) is 11.4 Å². The summed E-state index contributed by atoms with van der Waals surface area (Å²) in [5.74, 6) is 1.06. The lowest BCUT2D eigenvalue weighted by atomic mass is 9.84. The van der Waals surface area contributed by atoms with Crippen molar-refractivity contribution in [2.24, 2.45) is 5.92 Å². The molecule has 0 aromatic rings. The first-order chi connectivity index (χ1) is 9.80. The summed E-state index contributed by atoms with van der Waals surface area (Å²) in [6.07, 6.45) is -0.0714. The Kier molecular flexibility index (Phi) is 5.45. The number of hydrogen-bond acceptors (Lipinski definition) is 5. The van der Waals surface area contributed by atoms with Crippen molar-refractivity contribution >= 4 is 44.8 Å². The molecule has 1 spiro atoms. The minimum absolute atomic E-state index is 0.0714. The zero-order chi connectivity index (χ0) is 17.0. The van der Waals surface area contributed by atoms with Crippen molar-refractivity contribution in [2.45, 2.75) is 63.5 Å². The van der Waals surface area contributed by atoms with Crippen LogP contribution in [-0.2, 0) is 25.5 Å². The van der Waals surface area contributed by atoms with Gasteiger partial charge in [-0.05, 0) is 24.8 Å². The van der Waals surface area contributed by atoms with Gasteiger partial charge in [0.05, 0.1) is 12.7 Å². The highest BCUT2D eigenvalue weighted by Gasteiger charge is 2.56. The molecule has 0 bridgehead atoms. The summed E-state index contributed by atoms with van der Waals surface area (Å²) in [7, 11) is 4.40. The molecule has 22 heavy (non-hydrogen) atoms. The zero-order valence-electron chi connectivity index (χ0n) is 14.7. The molecule has 2 saturated heterocycles. The van der Waals surface area contributed by atoms with Crippen LogP contribution in [0.5, 0.6) is 0 Å². The van der Waals surface area contributed by atoms with Crippen LogP contribution in [0.25, 0.3) is 0 Å². The first-order valence-corrected chi connectivity index (χ1v) is 15.4. The second-order valence-corrected chi connectivity index (χ2v) is 20.8. The predicted octanol–water partition coefficient (Wildman–Crippen LogP) is 3.98. The molecule has 8 heteroatoms. The fourth-order valence-electron chi connectivity index (χ4n) is 2.58. The van der Waals surface area contributed by atoms with Crippen molar-refractivity contribution in [2.75, 3.05) is 19.0 Å². The van der Waals surface area contributed by atoms with Gasteiger partial charge in [0.15, 0.2) is 8.32 Å². The van der Waals surface area contributed by atoms with Crippen molar-refractivity contribution < 1.29 is 13.7 Å². The van der Waals surface area contributed by atoms with Gasteiger partial charge in [0.25, 0.3) is 0 Å². The van der Waals surface area contributed by atoms with Crippen molar-refractivity contribution in [1.29, 1.82) is 0 Å². The molecule has 2 radical (unpaired) electrons. The SMILES string of the molecule is [B][C@@H]1O[C@]2(COP(C)(=S)SC2)C(C)[C@@H]1O[Si](C)(C)C(C)(C)C. The first-order valence-electron chi connectivity index (χ1n) is 7.78. The Bertz CT molecular complexity index is 471. The molecular formula is C14H28BO3PS2Si. The summed E-state index contributed by atoms with van der Waals surface area (Å²) < 4.78 is 18.7. The highest BCUT2D eigenvalue weighted by Crippen LogP contribution is 2.63. The molecule has 2 rings (SSSR count). The maximum absolute atomic E-state index is 6.57. The lowest BCUT2D eigenvalue weighted by Gasteiger charge is -2.42. The summed E-state index contributed by atoms with van der Waals surface area (Å²) in [5, 5.41) is 0.157. The molecule has 2 aliphatic heterocycles. The lowest BCUT2D eigenvalue weighted by Crippen LogP contribution is -2.50. The Balaban J connectivity index is 2.15. The van der Waals surface area contributed by atoms with E-state index >= 15 is 0 Å². The van der Waals surface area contributed by atoms with E-state index in [9.17, 15) is 0 Å². The van der Waals surface area contributed by atoms with Gasteiger partial charge >= 0.3 is 0 Å². The van der Waals surface area contributed by atoms with Gasteiger partial charge in [-0.25, -0.2) is 0 Å². The number of hydrogen-bond donors (Lipinski definition) is 0. The van der Waals surface area contributed by atoms with Crippen molar-refractivity contribution in [3.8, 4) is 0 Å². The third-order valence-electron chi connectivity index (χ3n) is 5.34. The molecular weight excluding hydrogens is 350 g/mol. The predicted molar refractivity (Wildman–Crippen MR) is 103 cm³/mol. The molecule has 0 aromatic carbocycles.